The largest absolute Gasteiger partial charge is 0.480 e. The number of methoxy groups -OCH3 is 1. The summed E-state index contributed by atoms with van der Waals surface area (Å²) in [5.74, 6) is -1.13. The number of nitrogens with zero attached hydrogens (tertiary/aromatic N) is 1. The molecule has 0 saturated carbocycles. The highest BCUT2D eigenvalue weighted by Gasteiger charge is 2.23. The number of ether oxygens (including phenoxy) is 1. The molecule has 0 aromatic heterocycles. The number of nitro benzene ring substituents is 1. The third-order valence-electron chi connectivity index (χ3n) is 2.38. The minimum Gasteiger partial charge on any atom is -0.480 e. The van der Waals surface area contributed by atoms with Gasteiger partial charge in [-0.05, 0) is 13.0 Å². The number of nitrogens with one attached hydrogen (secondary N) is 1. The maximum absolute atomic E-state index is 10.9. The number of benzene rings is 1. The van der Waals surface area contributed by atoms with Crippen molar-refractivity contribution in [3.05, 3.63) is 33.9 Å². The van der Waals surface area contributed by atoms with Crippen molar-refractivity contribution in [3.8, 4) is 0 Å². The van der Waals surface area contributed by atoms with Gasteiger partial charge in [-0.3, -0.25) is 10.1 Å². The van der Waals surface area contributed by atoms with Crippen LogP contribution in [0.25, 0.3) is 0 Å². The zero-order valence-corrected chi connectivity index (χ0v) is 10.0. The summed E-state index contributed by atoms with van der Waals surface area (Å²) in [6.45, 7) is 1.51. The predicted molar refractivity (Wildman–Crippen MR) is 64.8 cm³/mol. The van der Waals surface area contributed by atoms with Crippen LogP contribution in [0.1, 0.15) is 5.56 Å². The van der Waals surface area contributed by atoms with Crippen LogP contribution in [0, 0.1) is 17.0 Å². The van der Waals surface area contributed by atoms with Crippen molar-refractivity contribution in [2.45, 2.75) is 13.0 Å². The average Bonchev–Trinajstić information content (AvgIpc) is 2.27. The van der Waals surface area contributed by atoms with Gasteiger partial charge in [-0.2, -0.15) is 0 Å². The van der Waals surface area contributed by atoms with Gasteiger partial charge >= 0.3 is 5.97 Å². The number of carboxylic acid groups (broad SMARTS) is 1. The molecule has 0 fully saturated rings. The van der Waals surface area contributed by atoms with E-state index < -0.39 is 16.9 Å². The van der Waals surface area contributed by atoms with Gasteiger partial charge in [-0.25, -0.2) is 4.79 Å². The molecular weight excluding hydrogens is 240 g/mol. The van der Waals surface area contributed by atoms with E-state index in [1.54, 1.807) is 19.1 Å². The zero-order chi connectivity index (χ0) is 13.7. The number of hydrogen-bond donors (Lipinski definition) is 2. The highest BCUT2D eigenvalue weighted by atomic mass is 16.6. The van der Waals surface area contributed by atoms with Crippen LogP contribution in [0.15, 0.2) is 18.2 Å². The Labute approximate surface area is 104 Å². The Bertz CT molecular complexity index is 461. The first kappa shape index (κ1) is 13.9. The molecule has 0 bridgehead atoms. The lowest BCUT2D eigenvalue weighted by atomic mass is 10.1. The number of carbonyl (C=O) groups is 1. The molecule has 0 aliphatic rings. The predicted octanol–water partition coefficient (Wildman–Crippen LogP) is 1.41. The fourth-order valence-corrected chi connectivity index (χ4v) is 1.55. The van der Waals surface area contributed by atoms with E-state index in [1.165, 1.54) is 13.2 Å². The van der Waals surface area contributed by atoms with Crippen molar-refractivity contribution < 1.29 is 19.6 Å². The lowest BCUT2D eigenvalue weighted by Crippen LogP contribution is -2.33. The molecule has 0 radical (unpaired) electrons. The Morgan fingerprint density at radius 3 is 2.78 bits per heavy atom. The second-order valence-electron chi connectivity index (χ2n) is 3.72. The van der Waals surface area contributed by atoms with Gasteiger partial charge in [0.15, 0.2) is 0 Å². The van der Waals surface area contributed by atoms with Crippen LogP contribution >= 0.6 is 0 Å². The molecule has 1 atom stereocenters. The van der Waals surface area contributed by atoms with Gasteiger partial charge in [0, 0.05) is 12.7 Å². The molecule has 18 heavy (non-hydrogen) atoms. The molecule has 0 amide bonds. The topological polar surface area (TPSA) is 102 Å². The van der Waals surface area contributed by atoms with Gasteiger partial charge in [0.25, 0.3) is 5.69 Å². The summed E-state index contributed by atoms with van der Waals surface area (Å²) in [7, 11) is 1.36. The van der Waals surface area contributed by atoms with Crippen molar-refractivity contribution in [3.63, 3.8) is 0 Å². The van der Waals surface area contributed by atoms with Crippen molar-refractivity contribution in [1.29, 1.82) is 0 Å². The number of rotatable bonds is 6. The Hall–Kier alpha value is -2.15. The highest BCUT2D eigenvalue weighted by molar-refractivity contribution is 5.79. The summed E-state index contributed by atoms with van der Waals surface area (Å²) >= 11 is 0. The van der Waals surface area contributed by atoms with E-state index in [9.17, 15) is 14.9 Å². The minimum atomic E-state index is -1.13. The maximum Gasteiger partial charge on any atom is 0.328 e. The fourth-order valence-electron chi connectivity index (χ4n) is 1.55. The maximum atomic E-state index is 10.9. The molecule has 7 nitrogen and oxygen atoms in total. The van der Waals surface area contributed by atoms with Gasteiger partial charge in [0.2, 0.25) is 0 Å². The monoisotopic (exact) mass is 254 g/mol. The molecule has 0 spiro atoms. The number of hydrogen-bond acceptors (Lipinski definition) is 5. The van der Waals surface area contributed by atoms with Gasteiger partial charge in [-0.1, -0.05) is 12.1 Å². The summed E-state index contributed by atoms with van der Waals surface area (Å²) in [5, 5.41) is 22.5. The molecule has 1 aromatic carbocycles. The molecule has 0 aliphatic heterocycles. The summed E-state index contributed by atoms with van der Waals surface area (Å²) in [4.78, 5) is 21.3. The van der Waals surface area contributed by atoms with E-state index in [0.29, 0.717) is 5.56 Å². The molecule has 0 heterocycles. The summed E-state index contributed by atoms with van der Waals surface area (Å²) in [6, 6.07) is 3.65. The smallest absolute Gasteiger partial charge is 0.328 e. The van der Waals surface area contributed by atoms with E-state index in [2.05, 4.69) is 5.32 Å². The molecule has 0 saturated heterocycles. The minimum absolute atomic E-state index is 0.0829. The van der Waals surface area contributed by atoms with Crippen LogP contribution in [0.5, 0.6) is 0 Å². The first-order valence-corrected chi connectivity index (χ1v) is 5.19. The van der Waals surface area contributed by atoms with Crippen LogP contribution in [0.4, 0.5) is 11.4 Å². The third kappa shape index (κ3) is 3.17. The number of carboxylic acids is 1. The Kier molecular flexibility index (Phi) is 4.61. The molecular formula is C11H14N2O5. The number of nitro groups is 1. The third-order valence-corrected chi connectivity index (χ3v) is 2.38. The number of anilines is 1. The Morgan fingerprint density at radius 1 is 1.61 bits per heavy atom. The van der Waals surface area contributed by atoms with Crippen molar-refractivity contribution in [2.24, 2.45) is 0 Å². The zero-order valence-electron chi connectivity index (χ0n) is 10.0. The number of para-hydroxylation sites is 1. The standard InChI is InChI=1S/C11H14N2O5/c1-7-4-3-5-8(10(7)13(16)17)12-9(6-18-2)11(14)15/h3-5,9,12H,6H2,1-2H3,(H,14,15). The quantitative estimate of drug-likeness (QED) is 0.588. The molecule has 98 valence electrons. The highest BCUT2D eigenvalue weighted by Crippen LogP contribution is 2.28. The van der Waals surface area contributed by atoms with Gasteiger partial charge in [0.1, 0.15) is 11.7 Å². The lowest BCUT2D eigenvalue weighted by Gasteiger charge is -2.15. The van der Waals surface area contributed by atoms with Crippen molar-refractivity contribution in [1.82, 2.24) is 0 Å². The van der Waals surface area contributed by atoms with E-state index in [-0.39, 0.29) is 18.0 Å². The Morgan fingerprint density at radius 2 is 2.28 bits per heavy atom. The normalized spacial score (nSPS) is 11.9. The molecule has 7 heteroatoms. The van der Waals surface area contributed by atoms with Crippen LogP contribution in [0.2, 0.25) is 0 Å². The lowest BCUT2D eigenvalue weighted by molar-refractivity contribution is -0.384. The second-order valence-corrected chi connectivity index (χ2v) is 3.72. The molecule has 2 N–H and O–H groups in total. The van der Waals surface area contributed by atoms with E-state index in [4.69, 9.17) is 9.84 Å². The van der Waals surface area contributed by atoms with Crippen molar-refractivity contribution >= 4 is 17.3 Å². The van der Waals surface area contributed by atoms with Crippen LogP contribution in [0.3, 0.4) is 0 Å². The van der Waals surface area contributed by atoms with Crippen LogP contribution in [-0.4, -0.2) is 35.8 Å². The number of aliphatic carboxylic acids is 1. The van der Waals surface area contributed by atoms with E-state index in [0.717, 1.165) is 0 Å². The first-order chi connectivity index (χ1) is 8.47. The van der Waals surface area contributed by atoms with Crippen molar-refractivity contribution in [2.75, 3.05) is 19.0 Å². The molecule has 0 aliphatic carbocycles. The Balaban J connectivity index is 3.06. The molecule has 1 unspecified atom stereocenters. The average molecular weight is 254 g/mol. The van der Waals surface area contributed by atoms with Gasteiger partial charge in [0.05, 0.1) is 11.5 Å². The summed E-state index contributed by atoms with van der Waals surface area (Å²) in [6.07, 6.45) is 0. The fraction of sp³-hybridized carbons (Fsp3) is 0.364. The SMILES string of the molecule is COCC(Nc1cccc(C)c1[N+](=O)[O-])C(=O)O. The summed E-state index contributed by atoms with van der Waals surface area (Å²) < 4.78 is 4.75. The molecule has 1 rings (SSSR count). The molecule has 1 aromatic rings. The number of aryl methyl sites for hydroxylation is 1. The summed E-state index contributed by atoms with van der Waals surface area (Å²) in [5.41, 5.74) is 0.510. The van der Waals surface area contributed by atoms with Gasteiger partial charge < -0.3 is 15.2 Å². The van der Waals surface area contributed by atoms with E-state index >= 15 is 0 Å². The van der Waals surface area contributed by atoms with Gasteiger partial charge in [-0.15, -0.1) is 0 Å². The van der Waals surface area contributed by atoms with Crippen LogP contribution in [-0.2, 0) is 9.53 Å². The van der Waals surface area contributed by atoms with Crippen LogP contribution < -0.4 is 5.32 Å². The first-order valence-electron chi connectivity index (χ1n) is 5.19. The second kappa shape index (κ2) is 5.97. The van der Waals surface area contributed by atoms with E-state index in [1.807, 2.05) is 0 Å².